The SMILES string of the molecule is C[C@H](CC/C=C/C(=O)NO)[C@@H](OC(=O)Nc1ccc(Br)cc1)c1ccc(OCCO)cc1. The third kappa shape index (κ3) is 8.70. The molecular formula is C23H27BrN2O6. The molecule has 2 aromatic carbocycles. The van der Waals surface area contributed by atoms with E-state index < -0.39 is 18.1 Å². The summed E-state index contributed by atoms with van der Waals surface area (Å²) in [5, 5.41) is 20.2. The van der Waals surface area contributed by atoms with Crippen LogP contribution in [-0.2, 0) is 9.53 Å². The van der Waals surface area contributed by atoms with Crippen molar-refractivity contribution in [1.29, 1.82) is 0 Å². The van der Waals surface area contributed by atoms with E-state index in [4.69, 9.17) is 19.8 Å². The lowest BCUT2D eigenvalue weighted by Crippen LogP contribution is -2.22. The summed E-state index contributed by atoms with van der Waals surface area (Å²) >= 11 is 3.35. The Morgan fingerprint density at radius 2 is 1.81 bits per heavy atom. The van der Waals surface area contributed by atoms with Gasteiger partial charge in [0.25, 0.3) is 5.91 Å². The first-order valence-corrected chi connectivity index (χ1v) is 10.9. The number of carbonyl (C=O) groups is 2. The van der Waals surface area contributed by atoms with Crippen LogP contribution in [0.15, 0.2) is 65.2 Å². The monoisotopic (exact) mass is 506 g/mol. The Morgan fingerprint density at radius 3 is 2.44 bits per heavy atom. The fourth-order valence-corrected chi connectivity index (χ4v) is 3.23. The van der Waals surface area contributed by atoms with E-state index in [0.29, 0.717) is 24.3 Å². The van der Waals surface area contributed by atoms with Crippen molar-refractivity contribution in [3.05, 3.63) is 70.7 Å². The summed E-state index contributed by atoms with van der Waals surface area (Å²) in [5.41, 5.74) is 2.94. The van der Waals surface area contributed by atoms with Gasteiger partial charge in [0.05, 0.1) is 6.61 Å². The molecule has 0 aliphatic heterocycles. The van der Waals surface area contributed by atoms with E-state index in [1.165, 1.54) is 6.08 Å². The quantitative estimate of drug-likeness (QED) is 0.201. The zero-order chi connectivity index (χ0) is 23.3. The maximum absolute atomic E-state index is 12.6. The van der Waals surface area contributed by atoms with Crippen molar-refractivity contribution in [1.82, 2.24) is 5.48 Å². The second-order valence-electron chi connectivity index (χ2n) is 7.03. The van der Waals surface area contributed by atoms with Crippen LogP contribution in [0.5, 0.6) is 5.75 Å². The number of aliphatic hydroxyl groups excluding tert-OH is 1. The highest BCUT2D eigenvalue weighted by Gasteiger charge is 2.23. The summed E-state index contributed by atoms with van der Waals surface area (Å²) in [6.07, 6.45) is 2.95. The van der Waals surface area contributed by atoms with Gasteiger partial charge in [-0.1, -0.05) is 41.1 Å². The fraction of sp³-hybridized carbons (Fsp3) is 0.304. The van der Waals surface area contributed by atoms with Gasteiger partial charge in [-0.25, -0.2) is 10.3 Å². The van der Waals surface area contributed by atoms with Gasteiger partial charge in [0.15, 0.2) is 0 Å². The maximum Gasteiger partial charge on any atom is 0.412 e. The van der Waals surface area contributed by atoms with Crippen molar-refractivity contribution in [2.75, 3.05) is 18.5 Å². The molecule has 4 N–H and O–H groups in total. The number of nitrogens with one attached hydrogen (secondary N) is 2. The molecule has 0 radical (unpaired) electrons. The fourth-order valence-electron chi connectivity index (χ4n) is 2.96. The Kier molecular flexibility index (Phi) is 10.7. The Hall–Kier alpha value is -2.88. The van der Waals surface area contributed by atoms with Gasteiger partial charge in [0.2, 0.25) is 0 Å². The van der Waals surface area contributed by atoms with E-state index in [-0.39, 0.29) is 19.1 Å². The average molecular weight is 507 g/mol. The van der Waals surface area contributed by atoms with E-state index in [2.05, 4.69) is 21.2 Å². The van der Waals surface area contributed by atoms with Gasteiger partial charge >= 0.3 is 6.09 Å². The van der Waals surface area contributed by atoms with Gasteiger partial charge in [0, 0.05) is 16.2 Å². The third-order valence-corrected chi connectivity index (χ3v) is 5.11. The standard InChI is InChI=1S/C23H27BrN2O6/c1-16(4-2-3-5-21(28)26-30)22(17-6-12-20(13-7-17)31-15-14-27)32-23(29)25-19-10-8-18(24)9-11-19/h3,5-13,16,22,27,30H,2,4,14-15H2,1H3,(H,25,29)(H,26,28)/b5-3+/t16-,22-/m1/s1. The molecule has 8 nitrogen and oxygen atoms in total. The van der Waals surface area contributed by atoms with Crippen LogP contribution in [0.3, 0.4) is 0 Å². The van der Waals surface area contributed by atoms with E-state index >= 15 is 0 Å². The number of hydroxylamine groups is 1. The number of rotatable bonds is 11. The molecule has 0 aliphatic rings. The molecule has 0 unspecified atom stereocenters. The number of allylic oxidation sites excluding steroid dienone is 1. The smallest absolute Gasteiger partial charge is 0.412 e. The van der Waals surface area contributed by atoms with Crippen LogP contribution >= 0.6 is 15.9 Å². The second kappa shape index (κ2) is 13.5. The molecule has 0 saturated carbocycles. The van der Waals surface area contributed by atoms with Crippen LogP contribution in [-0.4, -0.2) is 35.5 Å². The Bertz CT molecular complexity index is 886. The van der Waals surface area contributed by atoms with Crippen LogP contribution in [0.1, 0.15) is 31.4 Å². The first-order valence-electron chi connectivity index (χ1n) is 10.1. The minimum Gasteiger partial charge on any atom is -0.491 e. The zero-order valence-electron chi connectivity index (χ0n) is 17.7. The Labute approximate surface area is 195 Å². The molecule has 0 heterocycles. The van der Waals surface area contributed by atoms with Crippen molar-refractivity contribution in [3.8, 4) is 5.75 Å². The Morgan fingerprint density at radius 1 is 1.12 bits per heavy atom. The van der Waals surface area contributed by atoms with Gasteiger partial charge in [0.1, 0.15) is 18.5 Å². The number of hydrogen-bond donors (Lipinski definition) is 4. The molecule has 0 fully saturated rings. The molecule has 32 heavy (non-hydrogen) atoms. The molecule has 0 aromatic heterocycles. The summed E-state index contributed by atoms with van der Waals surface area (Å²) in [6, 6.07) is 14.3. The molecule has 2 aromatic rings. The average Bonchev–Trinajstić information content (AvgIpc) is 2.80. The minimum atomic E-state index is -0.599. The molecule has 9 heteroatoms. The number of ether oxygens (including phenoxy) is 2. The van der Waals surface area contributed by atoms with Crippen LogP contribution in [0.2, 0.25) is 0 Å². The van der Waals surface area contributed by atoms with Gasteiger partial charge in [-0.15, -0.1) is 0 Å². The number of amides is 2. The summed E-state index contributed by atoms with van der Waals surface area (Å²) in [6.45, 7) is 2.06. The molecule has 0 saturated heterocycles. The number of hydrogen-bond acceptors (Lipinski definition) is 6. The van der Waals surface area contributed by atoms with E-state index in [0.717, 1.165) is 10.0 Å². The van der Waals surface area contributed by atoms with E-state index in [1.807, 2.05) is 31.2 Å². The van der Waals surface area contributed by atoms with Crippen molar-refractivity contribution in [2.45, 2.75) is 25.9 Å². The number of anilines is 1. The van der Waals surface area contributed by atoms with Crippen LogP contribution in [0.4, 0.5) is 10.5 Å². The lowest BCUT2D eigenvalue weighted by Gasteiger charge is -2.25. The first kappa shape index (κ1) is 25.4. The predicted octanol–water partition coefficient (Wildman–Crippen LogP) is 4.59. The molecule has 2 rings (SSSR count). The van der Waals surface area contributed by atoms with Crippen molar-refractivity contribution < 1.29 is 29.4 Å². The minimum absolute atomic E-state index is 0.0725. The van der Waals surface area contributed by atoms with E-state index in [9.17, 15) is 9.59 Å². The largest absolute Gasteiger partial charge is 0.491 e. The van der Waals surface area contributed by atoms with Gasteiger partial charge in [-0.05, 0) is 60.7 Å². The second-order valence-corrected chi connectivity index (χ2v) is 7.95. The molecule has 172 valence electrons. The molecular weight excluding hydrogens is 480 g/mol. The number of aliphatic hydroxyl groups is 1. The van der Waals surface area contributed by atoms with E-state index in [1.54, 1.807) is 35.8 Å². The highest BCUT2D eigenvalue weighted by Crippen LogP contribution is 2.31. The van der Waals surface area contributed by atoms with Gasteiger partial charge < -0.3 is 14.6 Å². The topological polar surface area (TPSA) is 117 Å². The van der Waals surface area contributed by atoms with Crippen molar-refractivity contribution in [3.63, 3.8) is 0 Å². The molecule has 2 amide bonds. The lowest BCUT2D eigenvalue weighted by atomic mass is 9.93. The molecule has 0 spiro atoms. The maximum atomic E-state index is 12.6. The summed E-state index contributed by atoms with van der Waals surface area (Å²) in [4.78, 5) is 23.7. The summed E-state index contributed by atoms with van der Waals surface area (Å²) in [5.74, 6) is -0.0685. The van der Waals surface area contributed by atoms with Crippen LogP contribution < -0.4 is 15.5 Å². The third-order valence-electron chi connectivity index (χ3n) is 4.58. The molecule has 0 bridgehead atoms. The Balaban J connectivity index is 2.10. The predicted molar refractivity (Wildman–Crippen MR) is 123 cm³/mol. The first-order chi connectivity index (χ1) is 15.4. The summed E-state index contributed by atoms with van der Waals surface area (Å²) in [7, 11) is 0. The molecule has 0 aliphatic carbocycles. The summed E-state index contributed by atoms with van der Waals surface area (Å²) < 4.78 is 12.1. The number of carbonyl (C=O) groups excluding carboxylic acids is 2. The van der Waals surface area contributed by atoms with Gasteiger partial charge in [-0.2, -0.15) is 0 Å². The van der Waals surface area contributed by atoms with Crippen LogP contribution in [0.25, 0.3) is 0 Å². The highest BCUT2D eigenvalue weighted by molar-refractivity contribution is 9.10. The number of halogens is 1. The normalized spacial score (nSPS) is 12.8. The van der Waals surface area contributed by atoms with Crippen LogP contribution in [0, 0.1) is 5.92 Å². The number of benzene rings is 2. The lowest BCUT2D eigenvalue weighted by molar-refractivity contribution is -0.124. The molecule has 2 atom stereocenters. The van der Waals surface area contributed by atoms with Gasteiger partial charge in [-0.3, -0.25) is 15.3 Å². The highest BCUT2D eigenvalue weighted by atomic mass is 79.9. The zero-order valence-corrected chi connectivity index (χ0v) is 19.2. The van der Waals surface area contributed by atoms with Crippen molar-refractivity contribution >= 4 is 33.6 Å². The van der Waals surface area contributed by atoms with Crippen molar-refractivity contribution in [2.24, 2.45) is 5.92 Å².